The van der Waals surface area contributed by atoms with Crippen LogP contribution in [-0.4, -0.2) is 41.7 Å². The molecule has 0 saturated carbocycles. The number of aryl methyl sites for hydroxylation is 1. The Morgan fingerprint density at radius 2 is 1.68 bits per heavy atom. The van der Waals surface area contributed by atoms with Gasteiger partial charge in [0.15, 0.2) is 11.5 Å². The number of amides is 1. The SMILES string of the molecule is CCOc1cc(C(=O)N/N=C\c2c(C)nn(Cc3ccccc3)c2Cl)cc(OCC)c1OCC. The second-order valence-electron chi connectivity index (χ2n) is 7.23. The van der Waals surface area contributed by atoms with Crippen molar-refractivity contribution in [3.8, 4) is 17.2 Å². The molecule has 3 rings (SSSR count). The van der Waals surface area contributed by atoms with Gasteiger partial charge in [0.2, 0.25) is 5.75 Å². The molecule has 0 fully saturated rings. The number of nitrogens with one attached hydrogen (secondary N) is 1. The first-order chi connectivity index (χ1) is 16.5. The van der Waals surface area contributed by atoms with Crippen LogP contribution >= 0.6 is 11.6 Å². The van der Waals surface area contributed by atoms with Gasteiger partial charge in [0.1, 0.15) is 5.15 Å². The van der Waals surface area contributed by atoms with Gasteiger partial charge >= 0.3 is 0 Å². The van der Waals surface area contributed by atoms with Gasteiger partial charge in [-0.1, -0.05) is 41.9 Å². The third kappa shape index (κ3) is 6.08. The lowest BCUT2D eigenvalue weighted by Gasteiger charge is -2.16. The van der Waals surface area contributed by atoms with Gasteiger partial charge in [-0.25, -0.2) is 10.1 Å². The number of hydrazone groups is 1. The Balaban J connectivity index is 1.78. The monoisotopic (exact) mass is 484 g/mol. The zero-order valence-corrected chi connectivity index (χ0v) is 20.6. The second-order valence-corrected chi connectivity index (χ2v) is 7.59. The fraction of sp³-hybridized carbons (Fsp3) is 0.320. The van der Waals surface area contributed by atoms with Crippen LogP contribution in [0.15, 0.2) is 47.6 Å². The third-order valence-electron chi connectivity index (χ3n) is 4.82. The second kappa shape index (κ2) is 12.1. The molecule has 8 nitrogen and oxygen atoms in total. The molecule has 180 valence electrons. The number of aromatic nitrogens is 2. The summed E-state index contributed by atoms with van der Waals surface area (Å²) in [5.74, 6) is 0.919. The van der Waals surface area contributed by atoms with Crippen LogP contribution in [0.2, 0.25) is 5.15 Å². The Kier molecular flexibility index (Phi) is 8.93. The van der Waals surface area contributed by atoms with Crippen LogP contribution in [0.4, 0.5) is 0 Å². The number of ether oxygens (including phenoxy) is 3. The van der Waals surface area contributed by atoms with Crippen LogP contribution in [-0.2, 0) is 6.54 Å². The Labute approximate surface area is 204 Å². The molecule has 0 bridgehead atoms. The van der Waals surface area contributed by atoms with E-state index >= 15 is 0 Å². The molecule has 1 heterocycles. The van der Waals surface area contributed by atoms with Crippen molar-refractivity contribution in [1.29, 1.82) is 0 Å². The lowest BCUT2D eigenvalue weighted by Crippen LogP contribution is -2.18. The van der Waals surface area contributed by atoms with E-state index in [4.69, 9.17) is 25.8 Å². The highest BCUT2D eigenvalue weighted by Crippen LogP contribution is 2.39. The maximum atomic E-state index is 12.8. The maximum absolute atomic E-state index is 12.8. The minimum absolute atomic E-state index is 0.329. The van der Waals surface area contributed by atoms with E-state index in [1.54, 1.807) is 16.8 Å². The zero-order valence-electron chi connectivity index (χ0n) is 19.8. The molecule has 9 heteroatoms. The van der Waals surface area contributed by atoms with E-state index in [1.165, 1.54) is 6.21 Å². The van der Waals surface area contributed by atoms with Crippen molar-refractivity contribution in [3.63, 3.8) is 0 Å². The Bertz CT molecular complexity index is 1120. The molecular formula is C25H29ClN4O4. The number of rotatable bonds is 11. The lowest BCUT2D eigenvalue weighted by molar-refractivity contribution is 0.0954. The quantitative estimate of drug-likeness (QED) is 0.310. The minimum Gasteiger partial charge on any atom is -0.490 e. The number of nitrogens with zero attached hydrogens (tertiary/aromatic N) is 3. The number of carbonyl (C=O) groups excluding carboxylic acids is 1. The summed E-state index contributed by atoms with van der Waals surface area (Å²) in [6.45, 7) is 9.23. The highest BCUT2D eigenvalue weighted by Gasteiger charge is 2.18. The number of hydrogen-bond acceptors (Lipinski definition) is 6. The summed E-state index contributed by atoms with van der Waals surface area (Å²) in [6, 6.07) is 13.1. The average Bonchev–Trinajstić information content (AvgIpc) is 3.09. The Morgan fingerprint density at radius 1 is 1.06 bits per heavy atom. The van der Waals surface area contributed by atoms with E-state index in [0.717, 1.165) is 5.56 Å². The Morgan fingerprint density at radius 3 is 2.26 bits per heavy atom. The van der Waals surface area contributed by atoms with Crippen LogP contribution in [0, 0.1) is 6.92 Å². The molecule has 0 aliphatic heterocycles. The molecule has 3 aromatic rings. The van der Waals surface area contributed by atoms with Crippen LogP contribution in [0.1, 0.15) is 48.0 Å². The molecular weight excluding hydrogens is 456 g/mol. The number of halogens is 1. The molecule has 0 radical (unpaired) electrons. The van der Waals surface area contributed by atoms with Gasteiger partial charge in [0, 0.05) is 5.56 Å². The smallest absolute Gasteiger partial charge is 0.271 e. The summed E-state index contributed by atoms with van der Waals surface area (Å²) in [5.41, 5.74) is 5.28. The first-order valence-corrected chi connectivity index (χ1v) is 11.5. The van der Waals surface area contributed by atoms with E-state index in [1.807, 2.05) is 58.0 Å². The molecule has 1 aromatic heterocycles. The van der Waals surface area contributed by atoms with Crippen LogP contribution < -0.4 is 19.6 Å². The standard InChI is InChI=1S/C25H29ClN4O4/c1-5-32-21-13-19(14-22(33-6-2)23(21)34-7-3)25(31)28-27-15-20-17(4)29-30(24(20)26)16-18-11-9-8-10-12-18/h8-15H,5-7,16H2,1-4H3,(H,28,31)/b27-15-. The molecule has 2 aromatic carbocycles. The first kappa shape index (κ1) is 25.1. The predicted octanol–water partition coefficient (Wildman–Crippen LogP) is 4.85. The van der Waals surface area contributed by atoms with Gasteiger partial charge in [-0.05, 0) is 45.4 Å². The van der Waals surface area contributed by atoms with Crippen molar-refractivity contribution < 1.29 is 19.0 Å². The van der Waals surface area contributed by atoms with Crippen molar-refractivity contribution in [2.24, 2.45) is 5.10 Å². The van der Waals surface area contributed by atoms with Gasteiger partial charge in [-0.3, -0.25) is 4.79 Å². The molecule has 0 aliphatic carbocycles. The van der Waals surface area contributed by atoms with Crippen molar-refractivity contribution >= 4 is 23.7 Å². The van der Waals surface area contributed by atoms with Crippen LogP contribution in [0.5, 0.6) is 17.2 Å². The molecule has 0 spiro atoms. The van der Waals surface area contributed by atoms with Crippen LogP contribution in [0.25, 0.3) is 0 Å². The van der Waals surface area contributed by atoms with Crippen molar-refractivity contribution in [3.05, 3.63) is 70.0 Å². The molecule has 1 N–H and O–H groups in total. The number of benzene rings is 2. The van der Waals surface area contributed by atoms with E-state index in [2.05, 4.69) is 15.6 Å². The summed E-state index contributed by atoms with van der Waals surface area (Å²) in [4.78, 5) is 12.8. The predicted molar refractivity (Wildman–Crippen MR) is 133 cm³/mol. The topological polar surface area (TPSA) is 87.0 Å². The minimum atomic E-state index is -0.424. The fourth-order valence-corrected chi connectivity index (χ4v) is 3.60. The average molecular weight is 485 g/mol. The summed E-state index contributed by atoms with van der Waals surface area (Å²) in [6.07, 6.45) is 1.49. The summed E-state index contributed by atoms with van der Waals surface area (Å²) in [5, 5.41) is 9.02. The third-order valence-corrected chi connectivity index (χ3v) is 5.21. The zero-order chi connectivity index (χ0) is 24.5. The van der Waals surface area contributed by atoms with Crippen molar-refractivity contribution in [2.75, 3.05) is 19.8 Å². The van der Waals surface area contributed by atoms with E-state index in [9.17, 15) is 4.79 Å². The van der Waals surface area contributed by atoms with E-state index in [0.29, 0.717) is 65.6 Å². The van der Waals surface area contributed by atoms with Crippen LogP contribution in [0.3, 0.4) is 0 Å². The number of carbonyl (C=O) groups is 1. The van der Waals surface area contributed by atoms with Crippen molar-refractivity contribution in [1.82, 2.24) is 15.2 Å². The summed E-state index contributed by atoms with van der Waals surface area (Å²) < 4.78 is 18.7. The summed E-state index contributed by atoms with van der Waals surface area (Å²) >= 11 is 6.52. The first-order valence-electron chi connectivity index (χ1n) is 11.1. The van der Waals surface area contributed by atoms with Crippen molar-refractivity contribution in [2.45, 2.75) is 34.2 Å². The molecule has 0 unspecified atom stereocenters. The van der Waals surface area contributed by atoms with Gasteiger partial charge in [-0.15, -0.1) is 0 Å². The van der Waals surface area contributed by atoms with Gasteiger partial charge < -0.3 is 14.2 Å². The number of hydrogen-bond donors (Lipinski definition) is 1. The molecule has 0 atom stereocenters. The highest BCUT2D eigenvalue weighted by molar-refractivity contribution is 6.32. The largest absolute Gasteiger partial charge is 0.490 e. The van der Waals surface area contributed by atoms with E-state index < -0.39 is 5.91 Å². The molecule has 0 saturated heterocycles. The Hall–Kier alpha value is -3.52. The normalized spacial score (nSPS) is 11.0. The molecule has 34 heavy (non-hydrogen) atoms. The lowest BCUT2D eigenvalue weighted by atomic mass is 10.1. The maximum Gasteiger partial charge on any atom is 0.271 e. The van der Waals surface area contributed by atoms with Gasteiger partial charge in [0.25, 0.3) is 5.91 Å². The fourth-order valence-electron chi connectivity index (χ4n) is 3.31. The van der Waals surface area contributed by atoms with Gasteiger partial charge in [-0.2, -0.15) is 10.2 Å². The molecule has 0 aliphatic rings. The van der Waals surface area contributed by atoms with Gasteiger partial charge in [0.05, 0.1) is 43.8 Å². The highest BCUT2D eigenvalue weighted by atomic mass is 35.5. The summed E-state index contributed by atoms with van der Waals surface area (Å²) in [7, 11) is 0. The van der Waals surface area contributed by atoms with E-state index in [-0.39, 0.29) is 0 Å². The molecule has 1 amide bonds.